The van der Waals surface area contributed by atoms with Crippen LogP contribution in [0.2, 0.25) is 0 Å². The lowest BCUT2D eigenvalue weighted by Gasteiger charge is -2.34. The second kappa shape index (κ2) is 6.03. The Bertz CT molecular complexity index is 791. The van der Waals surface area contributed by atoms with Crippen LogP contribution in [0.1, 0.15) is 52.1 Å². The first kappa shape index (κ1) is 16.1. The molecule has 1 atom stereocenters. The predicted octanol–water partition coefficient (Wildman–Crippen LogP) is 2.04. The lowest BCUT2D eigenvalue weighted by Crippen LogP contribution is -2.44. The van der Waals surface area contributed by atoms with Gasteiger partial charge < -0.3 is 10.6 Å². The molecule has 1 aromatic heterocycles. The molecule has 0 saturated carbocycles. The first-order valence-corrected chi connectivity index (χ1v) is 7.95. The van der Waals surface area contributed by atoms with Crippen molar-refractivity contribution in [1.29, 1.82) is 0 Å². The molecule has 1 aromatic carbocycles. The summed E-state index contributed by atoms with van der Waals surface area (Å²) in [4.78, 5) is 35.0. The van der Waals surface area contributed by atoms with Gasteiger partial charge in [-0.25, -0.2) is 9.97 Å². The highest BCUT2D eigenvalue weighted by Crippen LogP contribution is 2.37. The number of aryl methyl sites for hydroxylation is 1. The number of rotatable bonds is 3. The topological polar surface area (TPSA) is 89.2 Å². The molecular formula is C18H20N4O2. The van der Waals surface area contributed by atoms with E-state index in [4.69, 9.17) is 5.73 Å². The Kier molecular flexibility index (Phi) is 4.05. The fraction of sp³-hybridized carbons (Fsp3) is 0.333. The van der Waals surface area contributed by atoms with E-state index in [1.807, 2.05) is 25.1 Å². The number of hydrogen-bond acceptors (Lipinski definition) is 4. The van der Waals surface area contributed by atoms with Crippen LogP contribution >= 0.6 is 0 Å². The molecule has 1 aliphatic heterocycles. The van der Waals surface area contributed by atoms with E-state index in [0.717, 1.165) is 12.8 Å². The second-order valence-electron chi connectivity index (χ2n) is 6.28. The van der Waals surface area contributed by atoms with Gasteiger partial charge in [-0.15, -0.1) is 0 Å². The number of primary amides is 1. The van der Waals surface area contributed by atoms with E-state index in [-0.39, 0.29) is 11.6 Å². The largest absolute Gasteiger partial charge is 0.364 e. The van der Waals surface area contributed by atoms with Crippen molar-refractivity contribution in [3.63, 3.8) is 0 Å². The van der Waals surface area contributed by atoms with Crippen LogP contribution in [0, 0.1) is 6.92 Å². The van der Waals surface area contributed by atoms with Crippen molar-refractivity contribution < 1.29 is 9.59 Å². The maximum absolute atomic E-state index is 12.9. The normalized spacial score (nSPS) is 20.2. The van der Waals surface area contributed by atoms with Gasteiger partial charge in [0.25, 0.3) is 11.8 Å². The highest BCUT2D eigenvalue weighted by Gasteiger charge is 2.44. The molecule has 1 fully saturated rings. The van der Waals surface area contributed by atoms with Gasteiger partial charge in [0, 0.05) is 17.8 Å². The van der Waals surface area contributed by atoms with Crippen molar-refractivity contribution in [1.82, 2.24) is 14.9 Å². The second-order valence-corrected chi connectivity index (χ2v) is 6.28. The van der Waals surface area contributed by atoms with E-state index >= 15 is 0 Å². The zero-order valence-electron chi connectivity index (χ0n) is 13.8. The highest BCUT2D eigenvalue weighted by atomic mass is 16.2. The van der Waals surface area contributed by atoms with E-state index in [1.165, 1.54) is 0 Å². The first-order valence-electron chi connectivity index (χ1n) is 7.95. The van der Waals surface area contributed by atoms with Crippen molar-refractivity contribution in [2.75, 3.05) is 6.54 Å². The Morgan fingerprint density at radius 2 is 1.92 bits per heavy atom. The van der Waals surface area contributed by atoms with Crippen LogP contribution in [-0.2, 0) is 5.54 Å². The molecule has 0 radical (unpaired) electrons. The molecule has 1 saturated heterocycles. The van der Waals surface area contributed by atoms with Crippen molar-refractivity contribution in [3.05, 3.63) is 59.2 Å². The molecule has 0 bridgehead atoms. The summed E-state index contributed by atoms with van der Waals surface area (Å²) in [5, 5.41) is 0. The number of nitrogens with zero attached hydrogens (tertiary/aromatic N) is 3. The smallest absolute Gasteiger partial charge is 0.267 e. The number of amides is 2. The molecule has 0 aliphatic carbocycles. The standard InChI is InChI=1S/C18H20N4O2/c1-12-11-14(15(19)23)21-17(20-12)18(2)9-6-10-22(18)16(24)13-7-4-3-5-8-13/h3-5,7-8,11H,6,9-10H2,1-2H3,(H2,19,23)/t18-/m1/s1. The Morgan fingerprint density at radius 1 is 1.21 bits per heavy atom. The number of hydrogen-bond donors (Lipinski definition) is 1. The maximum atomic E-state index is 12.9. The zero-order chi connectivity index (χ0) is 17.3. The van der Waals surface area contributed by atoms with Gasteiger partial charge in [-0.3, -0.25) is 9.59 Å². The van der Waals surface area contributed by atoms with Crippen LogP contribution < -0.4 is 5.73 Å². The molecule has 2 aromatic rings. The number of benzene rings is 1. The summed E-state index contributed by atoms with van der Waals surface area (Å²) in [5.41, 5.74) is 6.19. The highest BCUT2D eigenvalue weighted by molar-refractivity contribution is 5.95. The third kappa shape index (κ3) is 2.75. The van der Waals surface area contributed by atoms with Crippen LogP contribution in [0.25, 0.3) is 0 Å². The number of nitrogens with two attached hydrogens (primary N) is 1. The minimum absolute atomic E-state index is 0.0543. The molecule has 3 rings (SSSR count). The van der Waals surface area contributed by atoms with Crippen LogP contribution in [-0.4, -0.2) is 33.2 Å². The van der Waals surface area contributed by atoms with Crippen molar-refractivity contribution in [2.24, 2.45) is 5.73 Å². The van der Waals surface area contributed by atoms with Gasteiger partial charge in [-0.2, -0.15) is 0 Å². The van der Waals surface area contributed by atoms with Gasteiger partial charge in [0.1, 0.15) is 11.2 Å². The van der Waals surface area contributed by atoms with E-state index in [1.54, 1.807) is 30.0 Å². The molecule has 2 N–H and O–H groups in total. The van der Waals surface area contributed by atoms with Crippen molar-refractivity contribution in [2.45, 2.75) is 32.2 Å². The fourth-order valence-electron chi connectivity index (χ4n) is 3.19. The third-order valence-electron chi connectivity index (χ3n) is 4.50. The van der Waals surface area contributed by atoms with E-state index in [2.05, 4.69) is 9.97 Å². The van der Waals surface area contributed by atoms with E-state index < -0.39 is 11.4 Å². The maximum Gasteiger partial charge on any atom is 0.267 e. The summed E-state index contributed by atoms with van der Waals surface area (Å²) in [6.07, 6.45) is 1.60. The number of carbonyl (C=O) groups excluding carboxylic acids is 2. The Hall–Kier alpha value is -2.76. The summed E-state index contributed by atoms with van der Waals surface area (Å²) < 4.78 is 0. The van der Waals surface area contributed by atoms with Crippen LogP contribution in [0.3, 0.4) is 0 Å². The Balaban J connectivity index is 2.02. The van der Waals surface area contributed by atoms with Crippen LogP contribution in [0.4, 0.5) is 0 Å². The molecule has 1 aliphatic rings. The molecule has 24 heavy (non-hydrogen) atoms. The lowest BCUT2D eigenvalue weighted by molar-refractivity contribution is 0.0603. The van der Waals surface area contributed by atoms with E-state index in [0.29, 0.717) is 23.6 Å². The lowest BCUT2D eigenvalue weighted by atomic mass is 9.96. The summed E-state index contributed by atoms with van der Waals surface area (Å²) >= 11 is 0. The molecule has 2 amide bonds. The number of likely N-dealkylation sites (tertiary alicyclic amines) is 1. The molecule has 2 heterocycles. The van der Waals surface area contributed by atoms with Gasteiger partial charge >= 0.3 is 0 Å². The SMILES string of the molecule is Cc1cc(C(N)=O)nc([C@@]2(C)CCCN2C(=O)c2ccccc2)n1. The predicted molar refractivity (Wildman–Crippen MR) is 89.4 cm³/mol. The molecule has 6 heteroatoms. The minimum atomic E-state index is -0.650. The minimum Gasteiger partial charge on any atom is -0.364 e. The van der Waals surface area contributed by atoms with Crippen molar-refractivity contribution in [3.8, 4) is 0 Å². The fourth-order valence-corrected chi connectivity index (χ4v) is 3.19. The summed E-state index contributed by atoms with van der Waals surface area (Å²) in [5.74, 6) is -0.177. The van der Waals surface area contributed by atoms with Crippen molar-refractivity contribution >= 4 is 11.8 Å². The summed E-state index contributed by atoms with van der Waals surface area (Å²) in [6.45, 7) is 4.37. The molecule has 124 valence electrons. The van der Waals surface area contributed by atoms with Gasteiger partial charge in [0.2, 0.25) is 0 Å². The van der Waals surface area contributed by atoms with Gasteiger partial charge in [-0.1, -0.05) is 18.2 Å². The average Bonchev–Trinajstić information content (AvgIpc) is 2.97. The monoisotopic (exact) mass is 324 g/mol. The molecule has 0 spiro atoms. The zero-order valence-corrected chi connectivity index (χ0v) is 13.8. The van der Waals surface area contributed by atoms with E-state index in [9.17, 15) is 9.59 Å². The summed E-state index contributed by atoms with van der Waals surface area (Å²) in [6, 6.07) is 10.7. The Labute approximate surface area is 140 Å². The number of aromatic nitrogens is 2. The van der Waals surface area contributed by atoms with Crippen LogP contribution in [0.5, 0.6) is 0 Å². The Morgan fingerprint density at radius 3 is 2.58 bits per heavy atom. The third-order valence-corrected chi connectivity index (χ3v) is 4.50. The summed E-state index contributed by atoms with van der Waals surface area (Å²) in [7, 11) is 0. The van der Waals surface area contributed by atoms with Gasteiger partial charge in [0.05, 0.1) is 0 Å². The molecule has 0 unspecified atom stereocenters. The first-order chi connectivity index (χ1) is 11.4. The van der Waals surface area contributed by atoms with Gasteiger partial charge in [-0.05, 0) is 44.9 Å². The average molecular weight is 324 g/mol. The van der Waals surface area contributed by atoms with Crippen LogP contribution in [0.15, 0.2) is 36.4 Å². The van der Waals surface area contributed by atoms with Gasteiger partial charge in [0.15, 0.2) is 5.82 Å². The quantitative estimate of drug-likeness (QED) is 0.935. The number of carbonyl (C=O) groups is 2. The molecular weight excluding hydrogens is 304 g/mol. The molecule has 6 nitrogen and oxygen atoms in total.